The van der Waals surface area contributed by atoms with Crippen LogP contribution in [0.3, 0.4) is 0 Å². The minimum absolute atomic E-state index is 0.0926. The molecule has 0 saturated carbocycles. The van der Waals surface area contributed by atoms with Crippen LogP contribution in [0.25, 0.3) is 0 Å². The molecule has 1 aliphatic rings. The highest BCUT2D eigenvalue weighted by Gasteiger charge is 2.44. The number of fused-ring (bicyclic) bond motifs is 1. The lowest BCUT2D eigenvalue weighted by Crippen LogP contribution is -2.43. The first-order valence-electron chi connectivity index (χ1n) is 11.2. The second-order valence-electron chi connectivity index (χ2n) is 10.0. The molecule has 176 valence electrons. The zero-order valence-corrected chi connectivity index (χ0v) is 22.6. The number of aliphatic imine (C=N–C) groups is 1. The largest absolute Gasteiger partial charge is 0.544 e. The summed E-state index contributed by atoms with van der Waals surface area (Å²) >= 11 is 3.59. The fourth-order valence-corrected chi connectivity index (χ4v) is 5.45. The molecule has 0 fully saturated rings. The van der Waals surface area contributed by atoms with Gasteiger partial charge in [0.2, 0.25) is 8.32 Å². The van der Waals surface area contributed by atoms with Crippen LogP contribution in [-0.4, -0.2) is 25.4 Å². The molecule has 1 atom stereocenters. The number of hydrogen-bond donors (Lipinski definition) is 2. The molecule has 5 nitrogen and oxygen atoms in total. The van der Waals surface area contributed by atoms with Gasteiger partial charge in [0.15, 0.2) is 0 Å². The predicted octanol–water partition coefficient (Wildman–Crippen LogP) is 7.15. The van der Waals surface area contributed by atoms with Gasteiger partial charge >= 0.3 is 6.09 Å². The van der Waals surface area contributed by atoms with E-state index >= 15 is 0 Å². The number of benzene rings is 3. The van der Waals surface area contributed by atoms with E-state index in [-0.39, 0.29) is 5.04 Å². The molecule has 34 heavy (non-hydrogen) atoms. The van der Waals surface area contributed by atoms with Gasteiger partial charge in [-0.2, -0.15) is 0 Å². The number of carboxylic acid groups (broad SMARTS) is 1. The molecule has 0 aliphatic carbocycles. The zero-order chi connectivity index (χ0) is 24.7. The van der Waals surface area contributed by atoms with Gasteiger partial charge in [0.05, 0.1) is 0 Å². The van der Waals surface area contributed by atoms with Crippen molar-refractivity contribution >= 4 is 36.2 Å². The monoisotopic (exact) mass is 536 g/mol. The lowest BCUT2D eigenvalue weighted by molar-refractivity contribution is 0.200. The maximum atomic E-state index is 11.5. The summed E-state index contributed by atoms with van der Waals surface area (Å²) in [6, 6.07) is 23.8. The number of amides is 1. The fourth-order valence-electron chi connectivity index (χ4n) is 4.02. The smallest absolute Gasteiger partial charge is 0.410 e. The molecule has 0 spiro atoms. The molecular weight excluding hydrogens is 508 g/mol. The second kappa shape index (κ2) is 8.71. The Morgan fingerprint density at radius 2 is 1.68 bits per heavy atom. The van der Waals surface area contributed by atoms with E-state index in [0.717, 1.165) is 32.5 Å². The van der Waals surface area contributed by atoms with Crippen LogP contribution in [0, 0.1) is 0 Å². The van der Waals surface area contributed by atoms with Gasteiger partial charge in [-0.05, 0) is 59.1 Å². The van der Waals surface area contributed by atoms with Gasteiger partial charge in [-0.3, -0.25) is 5.32 Å². The summed E-state index contributed by atoms with van der Waals surface area (Å²) < 4.78 is 7.42. The normalized spacial score (nSPS) is 17.6. The van der Waals surface area contributed by atoms with E-state index < -0.39 is 19.9 Å². The summed E-state index contributed by atoms with van der Waals surface area (Å²) in [6.07, 6.45) is -1.14. The minimum Gasteiger partial charge on any atom is -0.544 e. The summed E-state index contributed by atoms with van der Waals surface area (Å²) in [7, 11) is -1.98. The maximum absolute atomic E-state index is 11.5. The third kappa shape index (κ3) is 4.30. The predicted molar refractivity (Wildman–Crippen MR) is 142 cm³/mol. The van der Waals surface area contributed by atoms with Gasteiger partial charge in [0.1, 0.15) is 17.1 Å². The van der Waals surface area contributed by atoms with E-state index in [1.165, 1.54) is 0 Å². The Morgan fingerprint density at radius 1 is 1.00 bits per heavy atom. The standard InChI is InChI=1S/C27H29BrN2O3Si/c1-26(2,3)34(4,5)33-21-15-13-18(14-16-21)27(19-9-8-10-20(28)17-19)23-12-7-6-11-22(23)24(30-27)29-25(31)32/h6-17H,1-5H3,(H,29,30)(H,31,32). The fraction of sp³-hybridized carbons (Fsp3) is 0.259. The quantitative estimate of drug-likeness (QED) is 0.347. The lowest BCUT2D eigenvalue weighted by Gasteiger charge is -2.36. The first-order valence-corrected chi connectivity index (χ1v) is 14.9. The van der Waals surface area contributed by atoms with E-state index in [2.05, 4.69) is 55.1 Å². The van der Waals surface area contributed by atoms with Crippen LogP contribution in [0.5, 0.6) is 5.75 Å². The van der Waals surface area contributed by atoms with Crippen LogP contribution >= 0.6 is 15.9 Å². The molecule has 0 saturated heterocycles. The van der Waals surface area contributed by atoms with Crippen molar-refractivity contribution in [1.82, 2.24) is 5.32 Å². The van der Waals surface area contributed by atoms with E-state index in [1.807, 2.05) is 72.8 Å². The van der Waals surface area contributed by atoms with E-state index in [4.69, 9.17) is 9.42 Å². The highest BCUT2D eigenvalue weighted by atomic mass is 79.9. The van der Waals surface area contributed by atoms with Crippen LogP contribution < -0.4 is 9.74 Å². The molecule has 4 rings (SSSR count). The van der Waals surface area contributed by atoms with E-state index in [9.17, 15) is 9.90 Å². The second-order valence-corrected chi connectivity index (χ2v) is 15.7. The van der Waals surface area contributed by atoms with Gasteiger partial charge in [-0.15, -0.1) is 0 Å². The van der Waals surface area contributed by atoms with Crippen LogP contribution in [-0.2, 0) is 5.54 Å². The van der Waals surface area contributed by atoms with Crippen molar-refractivity contribution in [3.8, 4) is 5.75 Å². The Balaban J connectivity index is 1.88. The third-order valence-corrected chi connectivity index (χ3v) is 11.6. The molecule has 1 unspecified atom stereocenters. The Morgan fingerprint density at radius 3 is 2.29 bits per heavy atom. The number of carbonyl (C=O) groups is 1. The molecular formula is C27H29BrN2O3Si. The van der Waals surface area contributed by atoms with Crippen molar-refractivity contribution in [2.45, 2.75) is 44.4 Å². The maximum Gasteiger partial charge on any atom is 0.410 e. The molecule has 3 aromatic carbocycles. The Kier molecular flexibility index (Phi) is 6.20. The lowest BCUT2D eigenvalue weighted by atomic mass is 9.77. The first-order chi connectivity index (χ1) is 15.9. The molecule has 0 aromatic heterocycles. The molecule has 0 radical (unpaired) electrons. The van der Waals surface area contributed by atoms with Gasteiger partial charge in [0.25, 0.3) is 0 Å². The topological polar surface area (TPSA) is 70.9 Å². The molecule has 2 N–H and O–H groups in total. The highest BCUT2D eigenvalue weighted by Crippen LogP contribution is 2.47. The van der Waals surface area contributed by atoms with Gasteiger partial charge < -0.3 is 9.53 Å². The number of nitrogens with zero attached hydrogens (tertiary/aromatic N) is 1. The average molecular weight is 538 g/mol. The summed E-state index contributed by atoms with van der Waals surface area (Å²) in [4.78, 5) is 16.6. The van der Waals surface area contributed by atoms with Crippen LogP contribution in [0.2, 0.25) is 18.1 Å². The zero-order valence-electron chi connectivity index (χ0n) is 20.0. The molecule has 0 bridgehead atoms. The summed E-state index contributed by atoms with van der Waals surface area (Å²) in [5.74, 6) is 1.17. The number of amidine groups is 1. The van der Waals surface area contributed by atoms with Crippen LogP contribution in [0.1, 0.15) is 43.0 Å². The van der Waals surface area contributed by atoms with Crippen molar-refractivity contribution in [3.63, 3.8) is 0 Å². The van der Waals surface area contributed by atoms with Gasteiger partial charge in [-0.1, -0.05) is 85.2 Å². The van der Waals surface area contributed by atoms with Crippen LogP contribution in [0.4, 0.5) is 4.79 Å². The van der Waals surface area contributed by atoms with Crippen molar-refractivity contribution < 1.29 is 14.3 Å². The Labute approximate surface area is 210 Å². The first kappa shape index (κ1) is 24.2. The summed E-state index contributed by atoms with van der Waals surface area (Å²) in [5.41, 5.74) is 2.67. The number of rotatable bonds is 4. The Hall–Kier alpha value is -2.90. The van der Waals surface area contributed by atoms with Crippen molar-refractivity contribution in [3.05, 3.63) is 99.5 Å². The van der Waals surface area contributed by atoms with E-state index in [0.29, 0.717) is 5.84 Å². The molecule has 7 heteroatoms. The van der Waals surface area contributed by atoms with E-state index in [1.54, 1.807) is 0 Å². The number of nitrogens with one attached hydrogen (secondary N) is 1. The van der Waals surface area contributed by atoms with Crippen molar-refractivity contribution in [2.24, 2.45) is 4.99 Å². The van der Waals surface area contributed by atoms with Crippen molar-refractivity contribution in [1.29, 1.82) is 0 Å². The molecule has 1 heterocycles. The summed E-state index contributed by atoms with van der Waals surface area (Å²) in [5, 5.41) is 12.0. The van der Waals surface area contributed by atoms with Gasteiger partial charge in [0, 0.05) is 10.0 Å². The third-order valence-electron chi connectivity index (χ3n) is 6.77. The number of hydrogen-bond acceptors (Lipinski definition) is 3. The molecule has 1 amide bonds. The van der Waals surface area contributed by atoms with Gasteiger partial charge in [-0.25, -0.2) is 9.79 Å². The van der Waals surface area contributed by atoms with Crippen molar-refractivity contribution in [2.75, 3.05) is 0 Å². The van der Waals surface area contributed by atoms with Crippen LogP contribution in [0.15, 0.2) is 82.3 Å². The average Bonchev–Trinajstić information content (AvgIpc) is 3.08. The molecule has 3 aromatic rings. The minimum atomic E-state index is -1.98. The SMILES string of the molecule is CC(C)(C)[Si](C)(C)Oc1ccc(C2(c3cccc(Br)c3)N=C(NC(=O)O)c3ccccc32)cc1. The highest BCUT2D eigenvalue weighted by molar-refractivity contribution is 9.10. The summed E-state index contributed by atoms with van der Waals surface area (Å²) in [6.45, 7) is 11.1. The Bertz CT molecular complexity index is 1270. The number of halogens is 1. The molecule has 1 aliphatic heterocycles.